The normalized spacial score (nSPS) is 17.4. The highest BCUT2D eigenvalue weighted by atomic mass is 35.5. The van der Waals surface area contributed by atoms with Crippen molar-refractivity contribution in [3.8, 4) is 0 Å². The van der Waals surface area contributed by atoms with E-state index < -0.39 is 7.67 Å². The maximum absolute atomic E-state index is 11.8. The van der Waals surface area contributed by atoms with Gasteiger partial charge >= 0.3 is 7.67 Å². The molecule has 0 radical (unpaired) electrons. The Labute approximate surface area is 72.6 Å². The third-order valence-electron chi connectivity index (χ3n) is 1.35. The van der Waals surface area contributed by atoms with Gasteiger partial charge in [0.2, 0.25) is 0 Å². The maximum atomic E-state index is 11.8. The number of hydrogen-bond donors (Lipinski definition) is 0. The monoisotopic (exact) mass is 200 g/mol. The predicted molar refractivity (Wildman–Crippen MR) is 46.8 cm³/mol. The third-order valence-corrected chi connectivity index (χ3v) is 4.36. The predicted octanol–water partition coefficient (Wildman–Crippen LogP) is 1.43. The van der Waals surface area contributed by atoms with Gasteiger partial charge in [0.15, 0.2) is 0 Å². The van der Waals surface area contributed by atoms with Crippen LogP contribution in [-0.4, -0.2) is 43.6 Å². The second kappa shape index (κ2) is 4.43. The second-order valence-electron chi connectivity index (χ2n) is 2.30. The smallest absolute Gasteiger partial charge is 0.309 e. The van der Waals surface area contributed by atoms with E-state index in [0.717, 1.165) is 0 Å². The van der Waals surface area contributed by atoms with E-state index in [9.17, 15) is 4.57 Å². The highest BCUT2D eigenvalue weighted by molar-refractivity contribution is 7.53. The molecule has 0 spiro atoms. The molecule has 0 N–H and O–H groups in total. The molecule has 0 aliphatic carbocycles. The van der Waals surface area contributed by atoms with Gasteiger partial charge in [0.25, 0.3) is 0 Å². The number of alkyl halides is 1. The van der Waals surface area contributed by atoms with Crippen LogP contribution in [0.2, 0.25) is 0 Å². The Morgan fingerprint density at radius 1 is 1.45 bits per heavy atom. The highest BCUT2D eigenvalue weighted by Crippen LogP contribution is 2.50. The number of rotatable bonds is 4. The van der Waals surface area contributed by atoms with Crippen molar-refractivity contribution >= 4 is 19.3 Å². The SMILES string of the molecule is COP(=O)(N(C)C)N(C)CCl. The molecule has 0 aromatic carbocycles. The first-order valence-electron chi connectivity index (χ1n) is 3.10. The summed E-state index contributed by atoms with van der Waals surface area (Å²) < 4.78 is 19.6. The molecule has 0 bridgehead atoms. The molecular formula is C5H14ClN2O2P. The van der Waals surface area contributed by atoms with Crippen LogP contribution in [0.15, 0.2) is 0 Å². The highest BCUT2D eigenvalue weighted by Gasteiger charge is 2.29. The van der Waals surface area contributed by atoms with Crippen molar-refractivity contribution in [1.82, 2.24) is 9.34 Å². The zero-order valence-electron chi connectivity index (χ0n) is 7.24. The van der Waals surface area contributed by atoms with Gasteiger partial charge in [-0.3, -0.25) is 4.57 Å². The molecule has 68 valence electrons. The van der Waals surface area contributed by atoms with Crippen LogP contribution in [0.4, 0.5) is 0 Å². The molecule has 0 aromatic rings. The van der Waals surface area contributed by atoms with Gasteiger partial charge < -0.3 is 4.52 Å². The molecule has 0 aliphatic rings. The number of nitrogens with zero attached hydrogens (tertiary/aromatic N) is 2. The van der Waals surface area contributed by atoms with E-state index in [2.05, 4.69) is 0 Å². The van der Waals surface area contributed by atoms with Crippen molar-refractivity contribution in [2.75, 3.05) is 34.3 Å². The fraction of sp³-hybridized carbons (Fsp3) is 1.00. The first-order chi connectivity index (χ1) is 4.99. The molecule has 11 heavy (non-hydrogen) atoms. The van der Waals surface area contributed by atoms with Crippen molar-refractivity contribution in [2.45, 2.75) is 0 Å². The molecule has 0 rings (SSSR count). The molecular weight excluding hydrogens is 186 g/mol. The van der Waals surface area contributed by atoms with Crippen LogP contribution < -0.4 is 0 Å². The van der Waals surface area contributed by atoms with Crippen LogP contribution in [0.1, 0.15) is 0 Å². The molecule has 1 unspecified atom stereocenters. The lowest BCUT2D eigenvalue weighted by Crippen LogP contribution is -2.24. The molecule has 0 aromatic heterocycles. The van der Waals surface area contributed by atoms with Crippen LogP contribution in [-0.2, 0) is 9.09 Å². The summed E-state index contributed by atoms with van der Waals surface area (Å²) in [6.07, 6.45) is 0. The van der Waals surface area contributed by atoms with Crippen LogP contribution >= 0.6 is 19.3 Å². The van der Waals surface area contributed by atoms with Gasteiger partial charge in [0.05, 0.1) is 6.00 Å². The van der Waals surface area contributed by atoms with Crippen LogP contribution in [0.25, 0.3) is 0 Å². The summed E-state index contributed by atoms with van der Waals surface area (Å²) >= 11 is 5.51. The molecule has 0 saturated heterocycles. The first kappa shape index (κ1) is 11.4. The fourth-order valence-electron chi connectivity index (χ4n) is 0.676. The average Bonchev–Trinajstić information content (AvgIpc) is 2.01. The van der Waals surface area contributed by atoms with Gasteiger partial charge in [0, 0.05) is 7.11 Å². The van der Waals surface area contributed by atoms with Gasteiger partial charge in [-0.2, -0.15) is 0 Å². The molecule has 0 amide bonds. The molecule has 0 saturated carbocycles. The summed E-state index contributed by atoms with van der Waals surface area (Å²) in [5.41, 5.74) is 0. The topological polar surface area (TPSA) is 32.8 Å². The largest absolute Gasteiger partial charge is 0.346 e. The summed E-state index contributed by atoms with van der Waals surface area (Å²) in [5, 5.41) is 0. The summed E-state index contributed by atoms with van der Waals surface area (Å²) in [7, 11) is 3.60. The lowest BCUT2D eigenvalue weighted by atomic mass is 11.2. The lowest BCUT2D eigenvalue weighted by Gasteiger charge is -2.28. The van der Waals surface area contributed by atoms with Crippen LogP contribution in [0.5, 0.6) is 0 Å². The van der Waals surface area contributed by atoms with E-state index in [1.54, 1.807) is 21.1 Å². The summed E-state index contributed by atoms with van der Waals surface area (Å²) in [6.45, 7) is 0. The Kier molecular flexibility index (Phi) is 4.59. The average molecular weight is 201 g/mol. The molecule has 6 heteroatoms. The molecule has 0 fully saturated rings. The van der Waals surface area contributed by atoms with Crippen molar-refractivity contribution < 1.29 is 9.09 Å². The van der Waals surface area contributed by atoms with E-state index in [1.165, 1.54) is 16.5 Å². The summed E-state index contributed by atoms with van der Waals surface area (Å²) in [4.78, 5) is 0. The van der Waals surface area contributed by atoms with Gasteiger partial charge in [0.1, 0.15) is 0 Å². The van der Waals surface area contributed by atoms with Crippen molar-refractivity contribution in [3.63, 3.8) is 0 Å². The Balaban J connectivity index is 4.47. The van der Waals surface area contributed by atoms with E-state index in [0.29, 0.717) is 0 Å². The van der Waals surface area contributed by atoms with Crippen LogP contribution in [0.3, 0.4) is 0 Å². The van der Waals surface area contributed by atoms with E-state index in [1.807, 2.05) is 0 Å². The zero-order valence-corrected chi connectivity index (χ0v) is 8.89. The Bertz CT molecular complexity index is 165. The van der Waals surface area contributed by atoms with Crippen molar-refractivity contribution in [3.05, 3.63) is 0 Å². The quantitative estimate of drug-likeness (QED) is 0.391. The minimum Gasteiger partial charge on any atom is -0.309 e. The Morgan fingerprint density at radius 2 is 1.91 bits per heavy atom. The van der Waals surface area contributed by atoms with E-state index >= 15 is 0 Å². The van der Waals surface area contributed by atoms with Gasteiger partial charge in [-0.15, -0.1) is 11.6 Å². The molecule has 1 atom stereocenters. The Hall–Kier alpha value is 0.400. The second-order valence-corrected chi connectivity index (χ2v) is 5.37. The van der Waals surface area contributed by atoms with E-state index in [-0.39, 0.29) is 6.00 Å². The zero-order chi connectivity index (χ0) is 9.07. The van der Waals surface area contributed by atoms with Crippen molar-refractivity contribution in [1.29, 1.82) is 0 Å². The minimum atomic E-state index is -2.83. The van der Waals surface area contributed by atoms with Gasteiger partial charge in [-0.25, -0.2) is 9.34 Å². The minimum absolute atomic E-state index is 0.184. The fourth-order valence-corrected chi connectivity index (χ4v) is 2.43. The maximum Gasteiger partial charge on any atom is 0.346 e. The first-order valence-corrected chi connectivity index (χ1v) is 5.16. The van der Waals surface area contributed by atoms with Crippen LogP contribution in [0, 0.1) is 0 Å². The Morgan fingerprint density at radius 3 is 2.00 bits per heavy atom. The number of halogens is 1. The molecule has 0 heterocycles. The third kappa shape index (κ3) is 2.42. The van der Waals surface area contributed by atoms with Gasteiger partial charge in [-0.1, -0.05) is 0 Å². The number of hydrogen-bond acceptors (Lipinski definition) is 2. The molecule has 4 nitrogen and oxygen atoms in total. The lowest BCUT2D eigenvalue weighted by molar-refractivity contribution is 0.292. The summed E-state index contributed by atoms with van der Waals surface area (Å²) in [5.74, 6) is 0. The summed E-state index contributed by atoms with van der Waals surface area (Å²) in [6, 6.07) is 0.184. The molecule has 0 aliphatic heterocycles. The van der Waals surface area contributed by atoms with Crippen molar-refractivity contribution in [2.24, 2.45) is 0 Å². The van der Waals surface area contributed by atoms with Gasteiger partial charge in [-0.05, 0) is 21.1 Å². The van der Waals surface area contributed by atoms with E-state index in [4.69, 9.17) is 16.1 Å². The standard InChI is InChI=1S/C5H14ClN2O2P/c1-7(2)11(9,10-4)8(3)5-6/h5H2,1-4H3.